The zero-order chi connectivity index (χ0) is 13.9. The molecule has 1 heterocycles. The second kappa shape index (κ2) is 6.45. The molecule has 6 heteroatoms. The van der Waals surface area contributed by atoms with Crippen LogP contribution in [0.25, 0.3) is 0 Å². The summed E-state index contributed by atoms with van der Waals surface area (Å²) in [7, 11) is 0. The minimum atomic E-state index is -0.611. The highest BCUT2D eigenvalue weighted by atomic mass is 79.9. The molecule has 1 rings (SSSR count). The summed E-state index contributed by atoms with van der Waals surface area (Å²) in [5.74, 6) is 0. The molecule has 18 heavy (non-hydrogen) atoms. The van der Waals surface area contributed by atoms with E-state index in [1.54, 1.807) is 6.92 Å². The summed E-state index contributed by atoms with van der Waals surface area (Å²) in [4.78, 5) is 15.7. The van der Waals surface area contributed by atoms with Crippen molar-refractivity contribution in [2.75, 3.05) is 6.54 Å². The number of aliphatic hydroxyl groups excluding tert-OH is 1. The topological polar surface area (TPSA) is 67.2 Å². The Balaban J connectivity index is 2.85. The molecule has 5 nitrogen and oxygen atoms in total. The van der Waals surface area contributed by atoms with Crippen LogP contribution in [0.2, 0.25) is 0 Å². The van der Waals surface area contributed by atoms with Gasteiger partial charge in [-0.15, -0.1) is 0 Å². The number of aryl methyl sites for hydroxylation is 1. The van der Waals surface area contributed by atoms with Gasteiger partial charge in [-0.2, -0.15) is 4.98 Å². The Morgan fingerprint density at radius 1 is 1.44 bits per heavy atom. The van der Waals surface area contributed by atoms with Crippen molar-refractivity contribution in [2.45, 2.75) is 46.4 Å². The first kappa shape index (κ1) is 15.3. The Morgan fingerprint density at radius 2 is 2.06 bits per heavy atom. The second-order valence-corrected chi connectivity index (χ2v) is 5.50. The summed E-state index contributed by atoms with van der Waals surface area (Å²) >= 11 is 3.40. The van der Waals surface area contributed by atoms with E-state index >= 15 is 0 Å². The number of aromatic nitrogens is 2. The second-order valence-electron chi connectivity index (χ2n) is 4.71. The number of nitrogens with zero attached hydrogens (tertiary/aromatic N) is 2. The van der Waals surface area contributed by atoms with Crippen LogP contribution in [0.3, 0.4) is 0 Å². The van der Waals surface area contributed by atoms with E-state index in [0.717, 1.165) is 10.2 Å². The predicted molar refractivity (Wildman–Crippen MR) is 74.8 cm³/mol. The Labute approximate surface area is 115 Å². The molecule has 102 valence electrons. The summed E-state index contributed by atoms with van der Waals surface area (Å²) in [5, 5.41) is 13.0. The van der Waals surface area contributed by atoms with E-state index in [2.05, 4.69) is 26.2 Å². The number of hydrogen-bond acceptors (Lipinski definition) is 4. The van der Waals surface area contributed by atoms with Gasteiger partial charge in [0.05, 0.1) is 22.8 Å². The number of hydrogen-bond donors (Lipinski definition) is 2. The molecule has 1 unspecified atom stereocenters. The fourth-order valence-electron chi connectivity index (χ4n) is 1.64. The lowest BCUT2D eigenvalue weighted by Crippen LogP contribution is -2.38. The lowest BCUT2D eigenvalue weighted by atomic mass is 10.3. The van der Waals surface area contributed by atoms with E-state index in [1.807, 2.05) is 20.8 Å². The first-order valence-electron chi connectivity index (χ1n) is 5.98. The Bertz CT molecular complexity index is 471. The average Bonchev–Trinajstić information content (AvgIpc) is 2.29. The largest absolute Gasteiger partial charge is 0.390 e. The standard InChI is InChI=1S/C12H20BrN3O2/c1-7(2)14-5-10(17)6-16-9(4)11(13)8(3)15-12(16)18/h7,10,14,17H,5-6H2,1-4H3. The van der Waals surface area contributed by atoms with Crippen molar-refractivity contribution in [3.05, 3.63) is 26.3 Å². The molecule has 0 aliphatic rings. The number of aliphatic hydroxyl groups is 1. The van der Waals surface area contributed by atoms with Crippen LogP contribution in [0.4, 0.5) is 0 Å². The normalized spacial score (nSPS) is 13.1. The van der Waals surface area contributed by atoms with E-state index < -0.39 is 6.10 Å². The molecule has 0 fully saturated rings. The third-order valence-corrected chi connectivity index (χ3v) is 3.84. The molecule has 0 aliphatic heterocycles. The summed E-state index contributed by atoms with van der Waals surface area (Å²) in [6.07, 6.45) is -0.611. The summed E-state index contributed by atoms with van der Waals surface area (Å²) in [6, 6.07) is 0.306. The quantitative estimate of drug-likeness (QED) is 0.849. The molecule has 0 saturated carbocycles. The van der Waals surface area contributed by atoms with Crippen LogP contribution in [-0.2, 0) is 6.54 Å². The smallest absolute Gasteiger partial charge is 0.348 e. The zero-order valence-corrected chi connectivity index (χ0v) is 12.8. The van der Waals surface area contributed by atoms with Crippen molar-refractivity contribution in [3.63, 3.8) is 0 Å². The Morgan fingerprint density at radius 3 is 2.61 bits per heavy atom. The number of rotatable bonds is 5. The van der Waals surface area contributed by atoms with E-state index in [-0.39, 0.29) is 12.2 Å². The SMILES string of the molecule is Cc1nc(=O)n(CC(O)CNC(C)C)c(C)c1Br. The van der Waals surface area contributed by atoms with Crippen LogP contribution in [0.5, 0.6) is 0 Å². The van der Waals surface area contributed by atoms with Crippen molar-refractivity contribution in [2.24, 2.45) is 0 Å². The van der Waals surface area contributed by atoms with Crippen LogP contribution >= 0.6 is 15.9 Å². The van der Waals surface area contributed by atoms with Gasteiger partial charge in [0.15, 0.2) is 0 Å². The maximum atomic E-state index is 11.8. The van der Waals surface area contributed by atoms with Gasteiger partial charge in [-0.3, -0.25) is 4.57 Å². The first-order chi connectivity index (χ1) is 8.32. The minimum absolute atomic E-state index is 0.246. The number of nitrogens with one attached hydrogen (secondary N) is 1. The van der Waals surface area contributed by atoms with Gasteiger partial charge in [-0.25, -0.2) is 4.79 Å². The van der Waals surface area contributed by atoms with Gasteiger partial charge in [-0.05, 0) is 29.8 Å². The highest BCUT2D eigenvalue weighted by molar-refractivity contribution is 9.10. The van der Waals surface area contributed by atoms with E-state index in [0.29, 0.717) is 18.3 Å². The molecule has 0 saturated heterocycles. The Hall–Kier alpha value is -0.720. The van der Waals surface area contributed by atoms with Gasteiger partial charge in [0.2, 0.25) is 0 Å². The summed E-state index contributed by atoms with van der Waals surface area (Å²) in [6.45, 7) is 8.33. The number of halogens is 1. The van der Waals surface area contributed by atoms with Crippen LogP contribution in [0, 0.1) is 13.8 Å². The minimum Gasteiger partial charge on any atom is -0.390 e. The molecular weight excluding hydrogens is 298 g/mol. The fourth-order valence-corrected chi connectivity index (χ4v) is 1.94. The average molecular weight is 318 g/mol. The van der Waals surface area contributed by atoms with Gasteiger partial charge >= 0.3 is 5.69 Å². The molecule has 0 aliphatic carbocycles. The molecule has 0 aromatic carbocycles. The van der Waals surface area contributed by atoms with Gasteiger partial charge in [0.1, 0.15) is 0 Å². The molecule has 0 spiro atoms. The van der Waals surface area contributed by atoms with Gasteiger partial charge in [0, 0.05) is 18.3 Å². The summed E-state index contributed by atoms with van der Waals surface area (Å²) < 4.78 is 2.30. The molecular formula is C12H20BrN3O2. The molecule has 0 amide bonds. The van der Waals surface area contributed by atoms with Crippen molar-refractivity contribution in [3.8, 4) is 0 Å². The molecule has 1 aromatic rings. The van der Waals surface area contributed by atoms with E-state index in [4.69, 9.17) is 0 Å². The van der Waals surface area contributed by atoms with Gasteiger partial charge < -0.3 is 10.4 Å². The highest BCUT2D eigenvalue weighted by Crippen LogP contribution is 2.16. The lowest BCUT2D eigenvalue weighted by molar-refractivity contribution is 0.146. The van der Waals surface area contributed by atoms with Crippen molar-refractivity contribution >= 4 is 15.9 Å². The van der Waals surface area contributed by atoms with E-state index in [9.17, 15) is 9.90 Å². The summed E-state index contributed by atoms with van der Waals surface area (Å²) in [5.41, 5.74) is 1.14. The highest BCUT2D eigenvalue weighted by Gasteiger charge is 2.13. The van der Waals surface area contributed by atoms with E-state index in [1.165, 1.54) is 4.57 Å². The van der Waals surface area contributed by atoms with Crippen molar-refractivity contribution in [1.82, 2.24) is 14.9 Å². The maximum Gasteiger partial charge on any atom is 0.348 e. The van der Waals surface area contributed by atoms with Crippen LogP contribution in [-0.4, -0.2) is 33.3 Å². The molecule has 2 N–H and O–H groups in total. The van der Waals surface area contributed by atoms with Crippen LogP contribution in [0.1, 0.15) is 25.2 Å². The third-order valence-electron chi connectivity index (χ3n) is 2.69. The lowest BCUT2D eigenvalue weighted by Gasteiger charge is -2.17. The van der Waals surface area contributed by atoms with Crippen molar-refractivity contribution in [1.29, 1.82) is 0 Å². The molecule has 1 aromatic heterocycles. The fraction of sp³-hybridized carbons (Fsp3) is 0.667. The van der Waals surface area contributed by atoms with Crippen LogP contribution < -0.4 is 11.0 Å². The zero-order valence-electron chi connectivity index (χ0n) is 11.2. The first-order valence-corrected chi connectivity index (χ1v) is 6.77. The van der Waals surface area contributed by atoms with Gasteiger partial charge in [0.25, 0.3) is 0 Å². The Kier molecular flexibility index (Phi) is 5.49. The third kappa shape index (κ3) is 3.90. The van der Waals surface area contributed by atoms with Gasteiger partial charge in [-0.1, -0.05) is 13.8 Å². The maximum absolute atomic E-state index is 11.8. The predicted octanol–water partition coefficient (Wildman–Crippen LogP) is 0.982. The van der Waals surface area contributed by atoms with Crippen molar-refractivity contribution < 1.29 is 5.11 Å². The molecule has 0 radical (unpaired) electrons. The van der Waals surface area contributed by atoms with Crippen LogP contribution in [0.15, 0.2) is 9.27 Å². The monoisotopic (exact) mass is 317 g/mol. The molecule has 0 bridgehead atoms. The molecule has 1 atom stereocenters.